The number of allylic oxidation sites excluding steroid dienone is 1. The van der Waals surface area contributed by atoms with Crippen LogP contribution in [0.3, 0.4) is 0 Å². The molecule has 2 heterocycles. The van der Waals surface area contributed by atoms with E-state index in [1.807, 2.05) is 91.0 Å². The quantitative estimate of drug-likeness (QED) is 0.182. The van der Waals surface area contributed by atoms with Crippen molar-refractivity contribution in [1.29, 1.82) is 5.41 Å². The highest BCUT2D eigenvalue weighted by Crippen LogP contribution is 2.38. The van der Waals surface area contributed by atoms with Gasteiger partial charge in [-0.15, -0.1) is 0 Å². The zero-order valence-electron chi connectivity index (χ0n) is 26.9. The number of para-hydroxylation sites is 1. The predicted molar refractivity (Wildman–Crippen MR) is 204 cm³/mol. The van der Waals surface area contributed by atoms with E-state index < -0.39 is 0 Å². The molecule has 8 rings (SSSR count). The van der Waals surface area contributed by atoms with Crippen LogP contribution in [0.15, 0.2) is 132 Å². The van der Waals surface area contributed by atoms with E-state index in [0.717, 1.165) is 61.1 Å². The number of benzene rings is 5. The van der Waals surface area contributed by atoms with Crippen LogP contribution in [0.1, 0.15) is 27.8 Å². The summed E-state index contributed by atoms with van der Waals surface area (Å²) >= 11 is 4.38. The summed E-state index contributed by atoms with van der Waals surface area (Å²) < 4.78 is 4.37. The number of aromatic nitrogens is 4. The minimum absolute atomic E-state index is 0.300. The Balaban J connectivity index is 1.25. The molecule has 1 aliphatic rings. The molecule has 0 atom stereocenters. The molecule has 1 aliphatic carbocycles. The standard InChI is InChI=1S/C42H30N6S/c1-25-12-16-29(17-13-25)40-45-41(30-18-14-26(2)15-19-30)47-42(46-40)31-22-20-27(21-23-31)33-24-34-36(39(48-49)37(33)43)32-10-6-7-11-35(32)44-38(34)28-8-4-3-5-9-28/h3-24,43,49H,1-2H3/b43-37?,48-39-. The molecule has 5 aromatic carbocycles. The third-order valence-electron chi connectivity index (χ3n) is 8.82. The molecule has 0 spiro atoms. The van der Waals surface area contributed by atoms with Crippen LogP contribution >= 0.6 is 12.8 Å². The van der Waals surface area contributed by atoms with Crippen molar-refractivity contribution < 1.29 is 0 Å². The minimum atomic E-state index is 0.300. The van der Waals surface area contributed by atoms with Gasteiger partial charge in [0.25, 0.3) is 0 Å². The number of rotatable bonds is 5. The van der Waals surface area contributed by atoms with Gasteiger partial charge in [0.15, 0.2) is 17.5 Å². The fraction of sp³-hybridized carbons (Fsp3) is 0.0476. The first-order chi connectivity index (χ1) is 24.0. The van der Waals surface area contributed by atoms with Gasteiger partial charge in [0, 0.05) is 44.3 Å². The van der Waals surface area contributed by atoms with Gasteiger partial charge >= 0.3 is 0 Å². The number of aryl methyl sites for hydroxylation is 2. The molecule has 0 amide bonds. The van der Waals surface area contributed by atoms with E-state index in [1.165, 1.54) is 11.1 Å². The average molecular weight is 651 g/mol. The highest BCUT2D eigenvalue weighted by Gasteiger charge is 2.28. The molecule has 0 unspecified atom stereocenters. The lowest BCUT2D eigenvalue weighted by Gasteiger charge is -2.23. The third kappa shape index (κ3) is 5.64. The van der Waals surface area contributed by atoms with Crippen molar-refractivity contribution in [1.82, 2.24) is 19.9 Å². The van der Waals surface area contributed by atoms with Crippen molar-refractivity contribution in [2.75, 3.05) is 0 Å². The molecule has 2 aromatic heterocycles. The molecule has 7 heteroatoms. The Morgan fingerprint density at radius 2 is 1.02 bits per heavy atom. The van der Waals surface area contributed by atoms with Gasteiger partial charge < -0.3 is 0 Å². The number of thiol groups is 1. The molecule has 0 saturated carbocycles. The first-order valence-electron chi connectivity index (χ1n) is 16.0. The van der Waals surface area contributed by atoms with Crippen LogP contribution in [0, 0.1) is 19.3 Å². The number of hydrogen-bond acceptors (Lipinski definition) is 7. The molecule has 49 heavy (non-hydrogen) atoms. The van der Waals surface area contributed by atoms with E-state index >= 15 is 0 Å². The van der Waals surface area contributed by atoms with Crippen molar-refractivity contribution >= 4 is 46.8 Å². The fourth-order valence-corrected chi connectivity index (χ4v) is 6.40. The Bertz CT molecular complexity index is 2390. The Labute approximate surface area is 290 Å². The number of nitrogens with zero attached hydrogens (tertiary/aromatic N) is 5. The van der Waals surface area contributed by atoms with E-state index in [2.05, 4.69) is 73.5 Å². The number of hydrogen-bond donors (Lipinski definition) is 2. The van der Waals surface area contributed by atoms with Crippen molar-refractivity contribution in [2.24, 2.45) is 4.40 Å². The third-order valence-corrected chi connectivity index (χ3v) is 9.02. The van der Waals surface area contributed by atoms with Gasteiger partial charge in [-0.3, -0.25) is 5.41 Å². The molecule has 7 aromatic rings. The molecule has 6 nitrogen and oxygen atoms in total. The van der Waals surface area contributed by atoms with Crippen molar-refractivity contribution in [3.63, 3.8) is 0 Å². The monoisotopic (exact) mass is 650 g/mol. The Kier molecular flexibility index (Phi) is 7.74. The lowest BCUT2D eigenvalue weighted by molar-refractivity contribution is 1.07. The van der Waals surface area contributed by atoms with Crippen LogP contribution in [0.4, 0.5) is 0 Å². The second-order valence-corrected chi connectivity index (χ2v) is 12.3. The Morgan fingerprint density at radius 3 is 1.57 bits per heavy atom. The van der Waals surface area contributed by atoms with Gasteiger partial charge in [-0.2, -0.15) is 0 Å². The minimum Gasteiger partial charge on any atom is -0.298 e. The summed E-state index contributed by atoms with van der Waals surface area (Å²) in [4.78, 5) is 19.8. The van der Waals surface area contributed by atoms with Crippen molar-refractivity contribution in [3.8, 4) is 45.4 Å². The van der Waals surface area contributed by atoms with Gasteiger partial charge in [-0.25, -0.2) is 24.3 Å². The molecule has 0 aliphatic heterocycles. The summed E-state index contributed by atoms with van der Waals surface area (Å²) in [6.45, 7) is 4.13. The lowest BCUT2D eigenvalue weighted by Crippen LogP contribution is -2.22. The molecular weight excluding hydrogens is 621 g/mol. The van der Waals surface area contributed by atoms with Gasteiger partial charge in [0.1, 0.15) is 5.71 Å². The van der Waals surface area contributed by atoms with Crippen LogP contribution < -0.4 is 0 Å². The molecule has 0 fully saturated rings. The van der Waals surface area contributed by atoms with Crippen LogP contribution in [0.2, 0.25) is 0 Å². The van der Waals surface area contributed by atoms with Crippen LogP contribution in [0.5, 0.6) is 0 Å². The zero-order valence-corrected chi connectivity index (χ0v) is 27.8. The van der Waals surface area contributed by atoms with Crippen molar-refractivity contribution in [2.45, 2.75) is 13.8 Å². The van der Waals surface area contributed by atoms with E-state index in [0.29, 0.717) is 28.9 Å². The van der Waals surface area contributed by atoms with Gasteiger partial charge in [0.05, 0.1) is 16.9 Å². The fourth-order valence-electron chi connectivity index (χ4n) is 6.20. The van der Waals surface area contributed by atoms with E-state index in [-0.39, 0.29) is 0 Å². The summed E-state index contributed by atoms with van der Waals surface area (Å²) in [5.41, 5.74) is 11.9. The maximum atomic E-state index is 9.32. The summed E-state index contributed by atoms with van der Waals surface area (Å²) in [6, 6.07) is 42.5. The predicted octanol–water partition coefficient (Wildman–Crippen LogP) is 9.91. The number of fused-ring (bicyclic) bond motifs is 3. The van der Waals surface area contributed by atoms with Gasteiger partial charge in [-0.05, 0) is 44.4 Å². The van der Waals surface area contributed by atoms with E-state index in [1.54, 1.807) is 0 Å². The highest BCUT2D eigenvalue weighted by atomic mass is 32.1. The molecule has 234 valence electrons. The second kappa shape index (κ2) is 12.5. The lowest BCUT2D eigenvalue weighted by atomic mass is 9.82. The summed E-state index contributed by atoms with van der Waals surface area (Å²) in [7, 11) is 0. The summed E-state index contributed by atoms with van der Waals surface area (Å²) in [5, 5.41) is 10.2. The van der Waals surface area contributed by atoms with Crippen LogP contribution in [-0.4, -0.2) is 31.4 Å². The largest absolute Gasteiger partial charge is 0.298 e. The first-order valence-corrected chi connectivity index (χ1v) is 16.4. The highest BCUT2D eigenvalue weighted by molar-refractivity contribution is 7.79. The Hall–Kier alpha value is -6.05. The number of pyridine rings is 1. The molecule has 0 bridgehead atoms. The van der Waals surface area contributed by atoms with Gasteiger partial charge in [-0.1, -0.05) is 132 Å². The first kappa shape index (κ1) is 30.3. The summed E-state index contributed by atoms with van der Waals surface area (Å²) in [6.07, 6.45) is 2.06. The molecule has 0 saturated heterocycles. The summed E-state index contributed by atoms with van der Waals surface area (Å²) in [5.74, 6) is 1.80. The maximum absolute atomic E-state index is 9.32. The molecular formula is C42H30N6S. The SMILES string of the molecule is Cc1ccc(-c2nc(-c3ccc(C)cc3)nc(-c3ccc(C4=Cc5c(-c6ccccc6)nc6ccccc6c5/C(=N/S)C4=N)cc3)n2)cc1. The van der Waals surface area contributed by atoms with Gasteiger partial charge in [0.2, 0.25) is 0 Å². The second-order valence-electron chi connectivity index (χ2n) is 12.1. The van der Waals surface area contributed by atoms with Crippen molar-refractivity contribution in [3.05, 3.63) is 155 Å². The topological polar surface area (TPSA) is 87.8 Å². The molecule has 0 radical (unpaired) electrons. The normalized spacial score (nSPS) is 13.4. The van der Waals surface area contributed by atoms with E-state index in [9.17, 15) is 5.41 Å². The average Bonchev–Trinajstić information content (AvgIpc) is 3.15. The maximum Gasteiger partial charge on any atom is 0.164 e. The van der Waals surface area contributed by atoms with Crippen LogP contribution in [-0.2, 0) is 0 Å². The van der Waals surface area contributed by atoms with E-state index in [4.69, 9.17) is 19.9 Å². The smallest absolute Gasteiger partial charge is 0.164 e. The van der Waals surface area contributed by atoms with Crippen LogP contribution in [0.25, 0.3) is 68.0 Å². The zero-order chi connectivity index (χ0) is 33.5. The Morgan fingerprint density at radius 1 is 0.531 bits per heavy atom. The molecule has 1 N–H and O–H groups in total. The number of nitrogens with one attached hydrogen (secondary N) is 1.